The van der Waals surface area contributed by atoms with Gasteiger partial charge in [0.2, 0.25) is 5.95 Å². The molecule has 1 aromatic heterocycles. The van der Waals surface area contributed by atoms with Crippen molar-refractivity contribution in [2.75, 3.05) is 18.4 Å². The first kappa shape index (κ1) is 15.4. The fourth-order valence-electron chi connectivity index (χ4n) is 3.28. The number of para-hydroxylation sites is 2. The highest BCUT2D eigenvalue weighted by atomic mass is 35.5. The molecule has 3 N–H and O–H groups in total. The van der Waals surface area contributed by atoms with Crippen LogP contribution in [0.4, 0.5) is 5.95 Å². The van der Waals surface area contributed by atoms with Crippen LogP contribution in [0.25, 0.3) is 11.0 Å². The van der Waals surface area contributed by atoms with Crippen molar-refractivity contribution in [3.63, 3.8) is 0 Å². The summed E-state index contributed by atoms with van der Waals surface area (Å²) < 4.78 is 2.10. The number of anilines is 1. The van der Waals surface area contributed by atoms with Gasteiger partial charge in [-0.15, -0.1) is 0 Å². The average Bonchev–Trinajstić information content (AvgIpc) is 3.19. The second kappa shape index (κ2) is 6.43. The number of benzene rings is 2. The Morgan fingerprint density at radius 1 is 1.21 bits per heavy atom. The van der Waals surface area contributed by atoms with Crippen molar-refractivity contribution in [2.24, 2.45) is 13.0 Å². The molecule has 1 aliphatic heterocycles. The third kappa shape index (κ3) is 2.86. The Labute approximate surface area is 146 Å². The van der Waals surface area contributed by atoms with Crippen LogP contribution in [0.2, 0.25) is 5.02 Å². The van der Waals surface area contributed by atoms with Gasteiger partial charge in [0.25, 0.3) is 0 Å². The normalized spacial score (nSPS) is 20.6. The van der Waals surface area contributed by atoms with Crippen molar-refractivity contribution in [1.29, 1.82) is 0 Å². The van der Waals surface area contributed by atoms with E-state index in [0.717, 1.165) is 35.1 Å². The molecule has 1 fully saturated rings. The van der Waals surface area contributed by atoms with Crippen LogP contribution in [-0.2, 0) is 7.05 Å². The van der Waals surface area contributed by atoms with E-state index >= 15 is 0 Å². The monoisotopic (exact) mass is 341 g/mol. The highest BCUT2D eigenvalue weighted by Crippen LogP contribution is 2.26. The quantitative estimate of drug-likeness (QED) is 0.682. The minimum absolute atomic E-state index is 0.254. The fourth-order valence-corrected chi connectivity index (χ4v) is 3.40. The second-order valence-corrected chi connectivity index (χ2v) is 6.62. The molecule has 24 heavy (non-hydrogen) atoms. The zero-order valence-electron chi connectivity index (χ0n) is 13.5. The van der Waals surface area contributed by atoms with Crippen LogP contribution in [0, 0.1) is 5.92 Å². The standard InChI is InChI=1S/C18H20ClN5/c1-24-16-5-3-2-4-15(16)22-18(24)20-10-13-11-21-23-17(13)12-6-8-14(19)9-7-12/h2-9,13,17,21,23H,10-11H2,1H3,(H,20,22). The Kier molecular flexibility index (Phi) is 4.14. The number of hydrogen-bond acceptors (Lipinski definition) is 4. The SMILES string of the molecule is Cn1c(NCC2CNNC2c2ccc(Cl)cc2)nc2ccccc21. The second-order valence-electron chi connectivity index (χ2n) is 6.18. The van der Waals surface area contributed by atoms with Crippen LogP contribution in [0.15, 0.2) is 48.5 Å². The lowest BCUT2D eigenvalue weighted by Crippen LogP contribution is -2.26. The minimum Gasteiger partial charge on any atom is -0.355 e. The van der Waals surface area contributed by atoms with Crippen LogP contribution in [0.1, 0.15) is 11.6 Å². The summed E-state index contributed by atoms with van der Waals surface area (Å²) in [5.74, 6) is 1.32. The molecule has 2 atom stereocenters. The number of hydrogen-bond donors (Lipinski definition) is 3. The van der Waals surface area contributed by atoms with Gasteiger partial charge in [-0.05, 0) is 29.8 Å². The molecule has 2 unspecified atom stereocenters. The van der Waals surface area contributed by atoms with Gasteiger partial charge in [-0.1, -0.05) is 35.9 Å². The molecule has 3 aromatic rings. The van der Waals surface area contributed by atoms with Crippen LogP contribution in [0.3, 0.4) is 0 Å². The van der Waals surface area contributed by atoms with E-state index < -0.39 is 0 Å². The number of rotatable bonds is 4. The molecule has 0 amide bonds. The maximum atomic E-state index is 5.99. The first-order chi connectivity index (χ1) is 11.7. The van der Waals surface area contributed by atoms with Crippen molar-refractivity contribution in [1.82, 2.24) is 20.4 Å². The van der Waals surface area contributed by atoms with Crippen molar-refractivity contribution in [2.45, 2.75) is 6.04 Å². The van der Waals surface area contributed by atoms with Crippen molar-refractivity contribution < 1.29 is 0 Å². The van der Waals surface area contributed by atoms with E-state index in [0.29, 0.717) is 5.92 Å². The van der Waals surface area contributed by atoms with E-state index in [1.165, 1.54) is 5.56 Å². The van der Waals surface area contributed by atoms with Crippen LogP contribution >= 0.6 is 11.6 Å². The molecular formula is C18H20ClN5. The van der Waals surface area contributed by atoms with E-state index in [-0.39, 0.29) is 6.04 Å². The summed E-state index contributed by atoms with van der Waals surface area (Å²) in [6.45, 7) is 1.74. The molecule has 1 saturated heterocycles. The van der Waals surface area contributed by atoms with Crippen molar-refractivity contribution in [3.8, 4) is 0 Å². The molecule has 0 saturated carbocycles. The van der Waals surface area contributed by atoms with Gasteiger partial charge in [0.15, 0.2) is 0 Å². The Hall–Kier alpha value is -2.08. The molecule has 6 heteroatoms. The molecule has 2 aromatic carbocycles. The van der Waals surface area contributed by atoms with Crippen molar-refractivity contribution in [3.05, 3.63) is 59.1 Å². The molecule has 0 aliphatic carbocycles. The smallest absolute Gasteiger partial charge is 0.203 e. The summed E-state index contributed by atoms with van der Waals surface area (Å²) in [6.07, 6.45) is 0. The molecular weight excluding hydrogens is 322 g/mol. The molecule has 0 radical (unpaired) electrons. The number of nitrogens with one attached hydrogen (secondary N) is 3. The maximum Gasteiger partial charge on any atom is 0.203 e. The molecule has 124 valence electrons. The van der Waals surface area contributed by atoms with Gasteiger partial charge in [-0.3, -0.25) is 5.43 Å². The van der Waals surface area contributed by atoms with E-state index in [2.05, 4.69) is 43.9 Å². The maximum absolute atomic E-state index is 5.99. The number of fused-ring (bicyclic) bond motifs is 1. The molecule has 2 heterocycles. The Bertz CT molecular complexity index is 842. The van der Waals surface area contributed by atoms with E-state index in [1.807, 2.05) is 37.4 Å². The topological polar surface area (TPSA) is 53.9 Å². The number of aromatic nitrogens is 2. The summed E-state index contributed by atoms with van der Waals surface area (Å²) in [5.41, 5.74) is 10.0. The van der Waals surface area contributed by atoms with Gasteiger partial charge in [0.05, 0.1) is 17.1 Å². The zero-order chi connectivity index (χ0) is 16.5. The number of imidazole rings is 1. The Morgan fingerprint density at radius 2 is 2.00 bits per heavy atom. The molecule has 0 bridgehead atoms. The highest BCUT2D eigenvalue weighted by molar-refractivity contribution is 6.30. The summed E-state index contributed by atoms with van der Waals surface area (Å²) in [4.78, 5) is 4.68. The number of aryl methyl sites for hydroxylation is 1. The van der Waals surface area contributed by atoms with Crippen LogP contribution in [0.5, 0.6) is 0 Å². The van der Waals surface area contributed by atoms with Gasteiger partial charge >= 0.3 is 0 Å². The Morgan fingerprint density at radius 3 is 2.79 bits per heavy atom. The molecule has 5 nitrogen and oxygen atoms in total. The third-order valence-electron chi connectivity index (χ3n) is 4.63. The zero-order valence-corrected chi connectivity index (χ0v) is 14.2. The molecule has 1 aliphatic rings. The number of halogens is 1. The predicted molar refractivity (Wildman–Crippen MR) is 98.0 cm³/mol. The van der Waals surface area contributed by atoms with E-state index in [9.17, 15) is 0 Å². The third-order valence-corrected chi connectivity index (χ3v) is 4.88. The average molecular weight is 342 g/mol. The van der Waals surface area contributed by atoms with E-state index in [1.54, 1.807) is 0 Å². The molecule has 0 spiro atoms. The van der Waals surface area contributed by atoms with Gasteiger partial charge in [-0.25, -0.2) is 10.4 Å². The number of hydrazine groups is 1. The Balaban J connectivity index is 1.49. The van der Waals surface area contributed by atoms with Crippen LogP contribution in [-0.4, -0.2) is 22.6 Å². The lowest BCUT2D eigenvalue weighted by Gasteiger charge is -2.19. The van der Waals surface area contributed by atoms with Crippen LogP contribution < -0.4 is 16.2 Å². The lowest BCUT2D eigenvalue weighted by atomic mass is 9.95. The summed E-state index contributed by atoms with van der Waals surface area (Å²) in [7, 11) is 2.04. The summed E-state index contributed by atoms with van der Waals surface area (Å²) in [6, 6.07) is 16.5. The first-order valence-electron chi connectivity index (χ1n) is 8.11. The van der Waals surface area contributed by atoms with E-state index in [4.69, 9.17) is 11.6 Å². The summed E-state index contributed by atoms with van der Waals surface area (Å²) in [5, 5.41) is 4.26. The predicted octanol–water partition coefficient (Wildman–Crippen LogP) is 3.10. The highest BCUT2D eigenvalue weighted by Gasteiger charge is 2.28. The minimum atomic E-state index is 0.254. The summed E-state index contributed by atoms with van der Waals surface area (Å²) >= 11 is 5.99. The fraction of sp³-hybridized carbons (Fsp3) is 0.278. The van der Waals surface area contributed by atoms with Gasteiger partial charge < -0.3 is 9.88 Å². The van der Waals surface area contributed by atoms with Crippen molar-refractivity contribution >= 4 is 28.6 Å². The molecule has 4 rings (SSSR count). The lowest BCUT2D eigenvalue weighted by molar-refractivity contribution is 0.491. The largest absolute Gasteiger partial charge is 0.355 e. The number of nitrogens with zero attached hydrogens (tertiary/aromatic N) is 2. The van der Waals surface area contributed by atoms with Gasteiger partial charge in [0.1, 0.15) is 0 Å². The van der Waals surface area contributed by atoms with Gasteiger partial charge in [0, 0.05) is 31.1 Å². The first-order valence-corrected chi connectivity index (χ1v) is 8.49. The van der Waals surface area contributed by atoms with Gasteiger partial charge in [-0.2, -0.15) is 0 Å².